The summed E-state index contributed by atoms with van der Waals surface area (Å²) < 4.78 is 5.41. The minimum absolute atomic E-state index is 0.0751. The van der Waals surface area contributed by atoms with E-state index in [-0.39, 0.29) is 5.91 Å². The first-order chi connectivity index (χ1) is 14.1. The van der Waals surface area contributed by atoms with Crippen LogP contribution in [0, 0.1) is 11.3 Å². The molecule has 1 aliphatic carbocycles. The molecule has 1 fully saturated rings. The summed E-state index contributed by atoms with van der Waals surface area (Å²) in [6, 6.07) is 10.8. The predicted molar refractivity (Wildman–Crippen MR) is 115 cm³/mol. The third kappa shape index (κ3) is 4.61. The van der Waals surface area contributed by atoms with Gasteiger partial charge in [-0.2, -0.15) is 5.26 Å². The third-order valence-corrected chi connectivity index (χ3v) is 6.67. The third-order valence-electron chi connectivity index (χ3n) is 5.46. The molecule has 0 atom stereocenters. The number of benzene rings is 1. The molecule has 1 N–H and O–H groups in total. The molecule has 1 aromatic heterocycles. The van der Waals surface area contributed by atoms with Crippen molar-refractivity contribution in [1.82, 2.24) is 4.90 Å². The number of anilines is 2. The number of likely N-dealkylation sites (N-methyl/N-ethyl adjacent to an activating group) is 1. The largest absolute Gasteiger partial charge is 0.378 e. The number of carbonyl (C=O) groups is 1. The molecule has 7 heteroatoms. The van der Waals surface area contributed by atoms with Crippen molar-refractivity contribution >= 4 is 27.9 Å². The van der Waals surface area contributed by atoms with Gasteiger partial charge in [-0.05, 0) is 49.6 Å². The van der Waals surface area contributed by atoms with Crippen molar-refractivity contribution in [3.63, 3.8) is 0 Å². The molecule has 0 radical (unpaired) electrons. The zero-order valence-electron chi connectivity index (χ0n) is 16.7. The maximum absolute atomic E-state index is 12.5. The van der Waals surface area contributed by atoms with Gasteiger partial charge in [0.05, 0.1) is 25.3 Å². The lowest BCUT2D eigenvalue weighted by atomic mass is 10.1. The lowest BCUT2D eigenvalue weighted by Gasteiger charge is -2.29. The molecule has 2 heterocycles. The van der Waals surface area contributed by atoms with E-state index in [4.69, 9.17) is 4.74 Å². The fourth-order valence-corrected chi connectivity index (χ4v) is 5.28. The molecule has 1 aliphatic heterocycles. The first-order valence-electron chi connectivity index (χ1n) is 10.1. The number of morpholine rings is 1. The minimum atomic E-state index is -0.0751. The average Bonchev–Trinajstić information content (AvgIpc) is 3.29. The number of fused-ring (bicyclic) bond motifs is 1. The Bertz CT molecular complexity index is 910. The molecule has 1 saturated heterocycles. The van der Waals surface area contributed by atoms with Crippen LogP contribution in [-0.2, 0) is 28.9 Å². The summed E-state index contributed by atoms with van der Waals surface area (Å²) in [5.41, 5.74) is 4.19. The Morgan fingerprint density at radius 2 is 2.03 bits per heavy atom. The SMILES string of the molecule is CN(CC(=O)Nc1sc2c(c1C#N)CCC2)Cc1ccc(N2CCOCC2)cc1. The van der Waals surface area contributed by atoms with Crippen LogP contribution in [0.5, 0.6) is 0 Å². The fraction of sp³-hybridized carbons (Fsp3) is 0.455. The minimum Gasteiger partial charge on any atom is -0.378 e. The number of hydrogen-bond donors (Lipinski definition) is 1. The highest BCUT2D eigenvalue weighted by Gasteiger charge is 2.23. The van der Waals surface area contributed by atoms with Gasteiger partial charge in [0, 0.05) is 30.2 Å². The summed E-state index contributed by atoms with van der Waals surface area (Å²) in [6.07, 6.45) is 3.08. The van der Waals surface area contributed by atoms with Gasteiger partial charge in [-0.15, -0.1) is 11.3 Å². The van der Waals surface area contributed by atoms with Crippen LogP contribution >= 0.6 is 11.3 Å². The average molecular weight is 411 g/mol. The van der Waals surface area contributed by atoms with E-state index in [0.29, 0.717) is 23.7 Å². The molecule has 29 heavy (non-hydrogen) atoms. The van der Waals surface area contributed by atoms with E-state index < -0.39 is 0 Å². The van der Waals surface area contributed by atoms with E-state index >= 15 is 0 Å². The summed E-state index contributed by atoms with van der Waals surface area (Å²) in [4.78, 5) is 18.1. The Kier molecular flexibility index (Phi) is 6.14. The van der Waals surface area contributed by atoms with Crippen LogP contribution < -0.4 is 10.2 Å². The number of carbonyl (C=O) groups excluding carboxylic acids is 1. The normalized spacial score (nSPS) is 16.0. The van der Waals surface area contributed by atoms with Gasteiger partial charge in [0.2, 0.25) is 5.91 Å². The lowest BCUT2D eigenvalue weighted by Crippen LogP contribution is -2.36. The van der Waals surface area contributed by atoms with Crippen LogP contribution in [0.2, 0.25) is 0 Å². The monoisotopic (exact) mass is 410 g/mol. The molecular formula is C22H26N4O2S. The van der Waals surface area contributed by atoms with E-state index in [1.807, 2.05) is 11.9 Å². The molecule has 0 bridgehead atoms. The molecule has 2 aromatic rings. The smallest absolute Gasteiger partial charge is 0.239 e. The Morgan fingerprint density at radius 3 is 2.76 bits per heavy atom. The Balaban J connectivity index is 1.31. The van der Waals surface area contributed by atoms with Crippen molar-refractivity contribution in [3.05, 3.63) is 45.8 Å². The highest BCUT2D eigenvalue weighted by molar-refractivity contribution is 7.16. The van der Waals surface area contributed by atoms with Crippen LogP contribution in [0.1, 0.15) is 28.0 Å². The van der Waals surface area contributed by atoms with Gasteiger partial charge in [-0.3, -0.25) is 9.69 Å². The molecule has 0 saturated carbocycles. The van der Waals surface area contributed by atoms with Crippen LogP contribution in [0.25, 0.3) is 0 Å². The highest BCUT2D eigenvalue weighted by Crippen LogP contribution is 2.38. The molecule has 4 rings (SSSR count). The highest BCUT2D eigenvalue weighted by atomic mass is 32.1. The van der Waals surface area contributed by atoms with Crippen molar-refractivity contribution < 1.29 is 9.53 Å². The van der Waals surface area contributed by atoms with Crippen molar-refractivity contribution in [2.75, 3.05) is 50.1 Å². The topological polar surface area (TPSA) is 68.6 Å². The van der Waals surface area contributed by atoms with Gasteiger partial charge in [0.1, 0.15) is 11.1 Å². The van der Waals surface area contributed by atoms with Crippen LogP contribution in [0.3, 0.4) is 0 Å². The van der Waals surface area contributed by atoms with E-state index in [1.165, 1.54) is 16.1 Å². The van der Waals surface area contributed by atoms with E-state index in [0.717, 1.165) is 51.1 Å². The van der Waals surface area contributed by atoms with Crippen molar-refractivity contribution in [2.24, 2.45) is 0 Å². The molecule has 152 valence electrons. The second-order valence-electron chi connectivity index (χ2n) is 7.66. The first kappa shape index (κ1) is 19.9. The number of thiophene rings is 1. The summed E-state index contributed by atoms with van der Waals surface area (Å²) in [5, 5.41) is 13.1. The van der Waals surface area contributed by atoms with Crippen molar-refractivity contribution in [1.29, 1.82) is 5.26 Å². The molecule has 0 unspecified atom stereocenters. The Labute approximate surface area is 175 Å². The first-order valence-corrected chi connectivity index (χ1v) is 10.9. The molecular weight excluding hydrogens is 384 g/mol. The molecule has 2 aliphatic rings. The number of amides is 1. The number of aryl methyl sites for hydroxylation is 1. The van der Waals surface area contributed by atoms with Crippen molar-refractivity contribution in [3.8, 4) is 6.07 Å². The summed E-state index contributed by atoms with van der Waals surface area (Å²) in [5.74, 6) is -0.0751. The predicted octanol–water partition coefficient (Wildman–Crippen LogP) is 3.02. The zero-order chi connectivity index (χ0) is 20.2. The quantitative estimate of drug-likeness (QED) is 0.793. The van der Waals surface area contributed by atoms with E-state index in [9.17, 15) is 10.1 Å². The summed E-state index contributed by atoms with van der Waals surface area (Å²) in [7, 11) is 1.94. The lowest BCUT2D eigenvalue weighted by molar-refractivity contribution is -0.117. The van der Waals surface area contributed by atoms with Crippen LogP contribution in [0.4, 0.5) is 10.7 Å². The van der Waals surface area contributed by atoms with Gasteiger partial charge in [-0.25, -0.2) is 0 Å². The van der Waals surface area contributed by atoms with Gasteiger partial charge in [-0.1, -0.05) is 12.1 Å². The number of ether oxygens (including phenoxy) is 1. The standard InChI is InChI=1S/C22H26N4O2S/c1-25(14-16-5-7-17(8-6-16)26-9-11-28-12-10-26)15-21(27)24-22-19(13-23)18-3-2-4-20(18)29-22/h5-8H,2-4,9-12,14-15H2,1H3,(H,24,27). The Morgan fingerprint density at radius 1 is 1.28 bits per heavy atom. The Hall–Kier alpha value is -2.40. The summed E-state index contributed by atoms with van der Waals surface area (Å²) >= 11 is 1.56. The van der Waals surface area contributed by atoms with Gasteiger partial charge >= 0.3 is 0 Å². The number of nitrogens with zero attached hydrogens (tertiary/aromatic N) is 3. The number of nitrogens with one attached hydrogen (secondary N) is 1. The fourth-order valence-electron chi connectivity index (χ4n) is 4.02. The van der Waals surface area contributed by atoms with E-state index in [1.54, 1.807) is 11.3 Å². The van der Waals surface area contributed by atoms with Crippen LogP contribution in [0.15, 0.2) is 24.3 Å². The molecule has 1 aromatic carbocycles. The van der Waals surface area contributed by atoms with Crippen molar-refractivity contribution in [2.45, 2.75) is 25.8 Å². The van der Waals surface area contributed by atoms with E-state index in [2.05, 4.69) is 40.6 Å². The number of rotatable bonds is 6. The second-order valence-corrected chi connectivity index (χ2v) is 8.76. The molecule has 1 amide bonds. The van der Waals surface area contributed by atoms with Gasteiger partial charge in [0.15, 0.2) is 0 Å². The van der Waals surface area contributed by atoms with Gasteiger partial charge < -0.3 is 15.0 Å². The maximum atomic E-state index is 12.5. The summed E-state index contributed by atoms with van der Waals surface area (Å²) in [6.45, 7) is 4.40. The zero-order valence-corrected chi connectivity index (χ0v) is 17.6. The number of hydrogen-bond acceptors (Lipinski definition) is 6. The second kappa shape index (κ2) is 8.95. The van der Waals surface area contributed by atoms with Gasteiger partial charge in [0.25, 0.3) is 0 Å². The number of nitriles is 1. The maximum Gasteiger partial charge on any atom is 0.239 e. The molecule has 0 spiro atoms. The van der Waals surface area contributed by atoms with Crippen LogP contribution in [-0.4, -0.2) is 50.7 Å². The molecule has 6 nitrogen and oxygen atoms in total.